The molecule has 32 heavy (non-hydrogen) atoms. The van der Waals surface area contributed by atoms with Gasteiger partial charge < -0.3 is 9.84 Å². The van der Waals surface area contributed by atoms with Crippen molar-refractivity contribution in [2.75, 3.05) is 0 Å². The first-order valence-electron chi connectivity index (χ1n) is 10.2. The van der Waals surface area contributed by atoms with Gasteiger partial charge in [-0.1, -0.05) is 19.0 Å². The van der Waals surface area contributed by atoms with E-state index >= 15 is 0 Å². The van der Waals surface area contributed by atoms with Crippen LogP contribution in [0.1, 0.15) is 47.5 Å². The van der Waals surface area contributed by atoms with Gasteiger partial charge >= 0.3 is 0 Å². The molecule has 4 aromatic rings. The lowest BCUT2D eigenvalue weighted by Crippen LogP contribution is -2.32. The molecule has 0 fully saturated rings. The minimum atomic E-state index is -0.424. The summed E-state index contributed by atoms with van der Waals surface area (Å²) in [4.78, 5) is 21.5. The molecule has 1 atom stereocenters. The van der Waals surface area contributed by atoms with E-state index in [1.54, 1.807) is 24.5 Å². The maximum Gasteiger partial charge on any atom is 0.251 e. The van der Waals surface area contributed by atoms with Gasteiger partial charge in [-0.2, -0.15) is 10.1 Å². The quantitative estimate of drug-likeness (QED) is 0.412. The number of halogens is 1. The lowest BCUT2D eigenvalue weighted by molar-refractivity contribution is 0.0914. The topological polar surface area (TPSA) is 98.7 Å². The SMILES string of the molecule is Cc1nn(-c2ccc(C(=O)NC(c3nc(-c4cccnc4)no3)C(C)C)cc2)c(C)c1Br. The van der Waals surface area contributed by atoms with Gasteiger partial charge in [0, 0.05) is 23.5 Å². The molecule has 1 unspecified atom stereocenters. The van der Waals surface area contributed by atoms with Gasteiger partial charge in [0.1, 0.15) is 6.04 Å². The molecule has 0 aliphatic carbocycles. The molecule has 0 bridgehead atoms. The molecular formula is C23H23BrN6O2. The number of nitrogens with one attached hydrogen (secondary N) is 1. The lowest BCUT2D eigenvalue weighted by atomic mass is 10.0. The Morgan fingerprint density at radius 1 is 1.16 bits per heavy atom. The Morgan fingerprint density at radius 3 is 2.50 bits per heavy atom. The van der Waals surface area contributed by atoms with E-state index in [0.717, 1.165) is 27.1 Å². The van der Waals surface area contributed by atoms with Crippen LogP contribution in [0.5, 0.6) is 0 Å². The third kappa shape index (κ3) is 4.34. The fourth-order valence-electron chi connectivity index (χ4n) is 3.34. The molecule has 0 spiro atoms. The summed E-state index contributed by atoms with van der Waals surface area (Å²) >= 11 is 3.54. The summed E-state index contributed by atoms with van der Waals surface area (Å²) in [6, 6.07) is 10.5. The standard InChI is InChI=1S/C23H23BrN6O2/c1-13(2)20(23-27-21(29-32-23)17-6-5-11-25-12-17)26-22(31)16-7-9-18(10-8-16)30-15(4)19(24)14(3)28-30/h5-13,20H,1-4H3,(H,26,31). The average molecular weight is 495 g/mol. The molecule has 0 saturated carbocycles. The number of hydrogen-bond donors (Lipinski definition) is 1. The molecule has 0 saturated heterocycles. The van der Waals surface area contributed by atoms with Crippen molar-refractivity contribution >= 4 is 21.8 Å². The van der Waals surface area contributed by atoms with Crippen molar-refractivity contribution in [2.45, 2.75) is 33.7 Å². The Bertz CT molecular complexity index is 1230. The Hall–Kier alpha value is -3.33. The highest BCUT2D eigenvalue weighted by Crippen LogP contribution is 2.25. The fourth-order valence-corrected chi connectivity index (χ4v) is 3.59. The maximum absolute atomic E-state index is 12.9. The second-order valence-corrected chi connectivity index (χ2v) is 8.63. The maximum atomic E-state index is 12.9. The van der Waals surface area contributed by atoms with Crippen LogP contribution in [-0.2, 0) is 0 Å². The highest BCUT2D eigenvalue weighted by atomic mass is 79.9. The van der Waals surface area contributed by atoms with Gasteiger partial charge in [-0.3, -0.25) is 9.78 Å². The number of hydrogen-bond acceptors (Lipinski definition) is 6. The van der Waals surface area contributed by atoms with Crippen molar-refractivity contribution in [3.8, 4) is 17.1 Å². The van der Waals surface area contributed by atoms with Crippen LogP contribution < -0.4 is 5.32 Å². The molecule has 0 radical (unpaired) electrons. The van der Waals surface area contributed by atoms with Crippen LogP contribution in [0, 0.1) is 19.8 Å². The van der Waals surface area contributed by atoms with Crippen LogP contribution in [0.25, 0.3) is 17.1 Å². The first-order chi connectivity index (χ1) is 15.3. The molecule has 3 aromatic heterocycles. The highest BCUT2D eigenvalue weighted by Gasteiger charge is 2.25. The van der Waals surface area contributed by atoms with Crippen molar-refractivity contribution < 1.29 is 9.32 Å². The largest absolute Gasteiger partial charge is 0.340 e. The molecular weight excluding hydrogens is 472 g/mol. The van der Waals surface area contributed by atoms with Crippen LogP contribution >= 0.6 is 15.9 Å². The molecule has 0 aliphatic rings. The van der Waals surface area contributed by atoms with Crippen molar-refractivity contribution in [2.24, 2.45) is 5.92 Å². The summed E-state index contributed by atoms with van der Waals surface area (Å²) in [6.45, 7) is 7.91. The summed E-state index contributed by atoms with van der Waals surface area (Å²) in [5.74, 6) is 0.628. The van der Waals surface area contributed by atoms with E-state index in [4.69, 9.17) is 4.52 Å². The minimum absolute atomic E-state index is 0.0486. The predicted octanol–water partition coefficient (Wildman–Crippen LogP) is 4.82. The minimum Gasteiger partial charge on any atom is -0.340 e. The molecule has 1 N–H and O–H groups in total. The van der Waals surface area contributed by atoms with Crippen molar-refractivity contribution in [3.63, 3.8) is 0 Å². The monoisotopic (exact) mass is 494 g/mol. The van der Waals surface area contributed by atoms with E-state index in [1.165, 1.54) is 0 Å². The fraction of sp³-hybridized carbons (Fsp3) is 0.261. The third-order valence-corrected chi connectivity index (χ3v) is 6.31. The molecule has 3 heterocycles. The second-order valence-electron chi connectivity index (χ2n) is 7.84. The lowest BCUT2D eigenvalue weighted by Gasteiger charge is -2.18. The average Bonchev–Trinajstić information content (AvgIpc) is 3.39. The van der Waals surface area contributed by atoms with Gasteiger partial charge in [-0.25, -0.2) is 4.68 Å². The Morgan fingerprint density at radius 2 is 1.91 bits per heavy atom. The first kappa shape index (κ1) is 21.9. The molecule has 9 heteroatoms. The van der Waals surface area contributed by atoms with Gasteiger partial charge in [0.2, 0.25) is 11.7 Å². The van der Waals surface area contributed by atoms with Crippen molar-refractivity contribution in [1.82, 2.24) is 30.2 Å². The summed E-state index contributed by atoms with van der Waals surface area (Å²) in [6.07, 6.45) is 3.35. The van der Waals surface area contributed by atoms with Crippen LogP contribution in [0.15, 0.2) is 57.8 Å². The molecule has 1 aromatic carbocycles. The van der Waals surface area contributed by atoms with Gasteiger partial charge in [0.25, 0.3) is 5.91 Å². The van der Waals surface area contributed by atoms with E-state index in [0.29, 0.717) is 17.3 Å². The predicted molar refractivity (Wildman–Crippen MR) is 123 cm³/mol. The van der Waals surface area contributed by atoms with Crippen LogP contribution in [0.2, 0.25) is 0 Å². The number of nitrogens with zero attached hydrogens (tertiary/aromatic N) is 5. The second kappa shape index (κ2) is 9.04. The number of benzene rings is 1. The summed E-state index contributed by atoms with van der Waals surface area (Å²) in [5.41, 5.74) is 4.08. The summed E-state index contributed by atoms with van der Waals surface area (Å²) < 4.78 is 8.28. The zero-order chi connectivity index (χ0) is 22.8. The van der Waals surface area contributed by atoms with Crippen molar-refractivity contribution in [3.05, 3.63) is 76.1 Å². The number of carbonyl (C=O) groups is 1. The number of rotatable bonds is 6. The number of carbonyl (C=O) groups excluding carboxylic acids is 1. The van der Waals surface area contributed by atoms with Crippen molar-refractivity contribution in [1.29, 1.82) is 0 Å². The van der Waals surface area contributed by atoms with E-state index in [-0.39, 0.29) is 11.8 Å². The number of aromatic nitrogens is 5. The third-order valence-electron chi connectivity index (χ3n) is 5.16. The van der Waals surface area contributed by atoms with Crippen LogP contribution in [0.3, 0.4) is 0 Å². The van der Waals surface area contributed by atoms with Crippen LogP contribution in [0.4, 0.5) is 0 Å². The first-order valence-corrected chi connectivity index (χ1v) is 11.0. The molecule has 164 valence electrons. The Kier molecular flexibility index (Phi) is 6.18. The van der Waals surface area contributed by atoms with E-state index in [9.17, 15) is 4.79 Å². The van der Waals surface area contributed by atoms with E-state index < -0.39 is 6.04 Å². The van der Waals surface area contributed by atoms with Crippen LogP contribution in [-0.4, -0.2) is 30.8 Å². The molecule has 0 aliphatic heterocycles. The smallest absolute Gasteiger partial charge is 0.251 e. The molecule has 8 nitrogen and oxygen atoms in total. The Labute approximate surface area is 194 Å². The van der Waals surface area contributed by atoms with Gasteiger partial charge in [-0.15, -0.1) is 0 Å². The molecule has 1 amide bonds. The summed E-state index contributed by atoms with van der Waals surface area (Å²) in [7, 11) is 0. The molecule has 4 rings (SSSR count). The van der Waals surface area contributed by atoms with E-state index in [2.05, 4.69) is 41.5 Å². The Balaban J connectivity index is 1.52. The highest BCUT2D eigenvalue weighted by molar-refractivity contribution is 9.10. The number of amides is 1. The van der Waals surface area contributed by atoms with Gasteiger partial charge in [-0.05, 0) is 72.1 Å². The van der Waals surface area contributed by atoms with Gasteiger partial charge in [0.15, 0.2) is 0 Å². The number of aryl methyl sites for hydroxylation is 1. The van der Waals surface area contributed by atoms with Gasteiger partial charge in [0.05, 0.1) is 21.5 Å². The van der Waals surface area contributed by atoms with E-state index in [1.807, 2.05) is 56.6 Å². The zero-order valence-electron chi connectivity index (χ0n) is 18.2. The normalized spacial score (nSPS) is 12.2. The summed E-state index contributed by atoms with van der Waals surface area (Å²) in [5, 5.41) is 11.6. The zero-order valence-corrected chi connectivity index (χ0v) is 19.8. The number of pyridine rings is 1.